The van der Waals surface area contributed by atoms with Crippen molar-refractivity contribution < 1.29 is 14.7 Å². The first-order valence-corrected chi connectivity index (χ1v) is 6.35. The Labute approximate surface area is 116 Å². The fourth-order valence-corrected chi connectivity index (χ4v) is 2.61. The summed E-state index contributed by atoms with van der Waals surface area (Å²) in [5.41, 5.74) is 3.24. The minimum Gasteiger partial charge on any atom is -0.478 e. The molecule has 2 aromatic carbocycles. The van der Waals surface area contributed by atoms with Gasteiger partial charge in [-0.05, 0) is 29.3 Å². The minimum atomic E-state index is -1.00. The number of benzene rings is 2. The molecular formula is C16H13NO3. The van der Waals surface area contributed by atoms with E-state index in [1.54, 1.807) is 18.2 Å². The number of nitrogens with one attached hydrogen (secondary N) is 1. The second-order valence-electron chi connectivity index (χ2n) is 4.87. The van der Waals surface area contributed by atoms with E-state index in [2.05, 4.69) is 5.32 Å². The van der Waals surface area contributed by atoms with E-state index in [0.29, 0.717) is 11.3 Å². The van der Waals surface area contributed by atoms with Crippen molar-refractivity contribution in [1.82, 2.24) is 0 Å². The number of aromatic carboxylic acids is 1. The number of hydrogen-bond donors (Lipinski definition) is 2. The summed E-state index contributed by atoms with van der Waals surface area (Å²) in [6.45, 7) is 2.01. The topological polar surface area (TPSA) is 66.4 Å². The number of carbonyl (C=O) groups excluding carboxylic acids is 1. The Hall–Kier alpha value is -2.62. The van der Waals surface area contributed by atoms with Gasteiger partial charge < -0.3 is 10.4 Å². The van der Waals surface area contributed by atoms with E-state index in [-0.39, 0.29) is 17.4 Å². The lowest BCUT2D eigenvalue weighted by atomic mass is 9.89. The Morgan fingerprint density at radius 3 is 2.65 bits per heavy atom. The molecule has 0 bridgehead atoms. The van der Waals surface area contributed by atoms with Crippen LogP contribution in [0.5, 0.6) is 0 Å². The van der Waals surface area contributed by atoms with Crippen LogP contribution in [-0.4, -0.2) is 17.0 Å². The van der Waals surface area contributed by atoms with Crippen molar-refractivity contribution in [2.24, 2.45) is 0 Å². The average molecular weight is 267 g/mol. The van der Waals surface area contributed by atoms with Crippen LogP contribution in [0.4, 0.5) is 5.69 Å². The van der Waals surface area contributed by atoms with Crippen molar-refractivity contribution in [2.45, 2.75) is 12.8 Å². The Morgan fingerprint density at radius 1 is 1.15 bits per heavy atom. The van der Waals surface area contributed by atoms with E-state index in [1.807, 2.05) is 25.1 Å². The summed E-state index contributed by atoms with van der Waals surface area (Å²) in [6, 6.07) is 12.3. The fraction of sp³-hybridized carbons (Fsp3) is 0.125. The Morgan fingerprint density at radius 2 is 1.90 bits per heavy atom. The van der Waals surface area contributed by atoms with Crippen LogP contribution in [0.15, 0.2) is 42.5 Å². The zero-order valence-electron chi connectivity index (χ0n) is 10.9. The van der Waals surface area contributed by atoms with Crippen molar-refractivity contribution in [1.29, 1.82) is 0 Å². The van der Waals surface area contributed by atoms with Crippen LogP contribution in [0.1, 0.15) is 44.7 Å². The number of carboxylic acid groups (broad SMARTS) is 1. The van der Waals surface area contributed by atoms with Crippen molar-refractivity contribution >= 4 is 17.6 Å². The van der Waals surface area contributed by atoms with Gasteiger partial charge in [0, 0.05) is 17.2 Å². The van der Waals surface area contributed by atoms with E-state index in [1.165, 1.54) is 6.07 Å². The predicted octanol–water partition coefficient (Wildman–Crippen LogP) is 3.10. The molecule has 1 amide bonds. The molecule has 3 rings (SSSR count). The van der Waals surface area contributed by atoms with E-state index in [9.17, 15) is 9.59 Å². The Balaban J connectivity index is 2.19. The van der Waals surface area contributed by atoms with Gasteiger partial charge in [0.1, 0.15) is 0 Å². The smallest absolute Gasteiger partial charge is 0.335 e. The lowest BCUT2D eigenvalue weighted by Crippen LogP contribution is -2.12. The molecule has 0 aliphatic carbocycles. The van der Waals surface area contributed by atoms with Crippen molar-refractivity contribution in [3.05, 3.63) is 64.7 Å². The van der Waals surface area contributed by atoms with Gasteiger partial charge in [0.15, 0.2) is 0 Å². The molecule has 20 heavy (non-hydrogen) atoms. The molecule has 4 nitrogen and oxygen atoms in total. The maximum atomic E-state index is 12.2. The van der Waals surface area contributed by atoms with Gasteiger partial charge in [0.05, 0.1) is 5.56 Å². The summed E-state index contributed by atoms with van der Waals surface area (Å²) in [7, 11) is 0. The molecule has 100 valence electrons. The zero-order chi connectivity index (χ0) is 14.3. The van der Waals surface area contributed by atoms with Gasteiger partial charge in [-0.25, -0.2) is 4.79 Å². The van der Waals surface area contributed by atoms with Gasteiger partial charge in [0.25, 0.3) is 5.91 Å². The SMILES string of the molecule is CC1c2ccc(C(=O)O)cc2NC(=O)c2ccccc21. The van der Waals surface area contributed by atoms with Gasteiger partial charge in [-0.3, -0.25) is 4.79 Å². The monoisotopic (exact) mass is 267 g/mol. The normalized spacial score (nSPS) is 16.6. The van der Waals surface area contributed by atoms with Crippen molar-refractivity contribution in [2.75, 3.05) is 5.32 Å². The van der Waals surface area contributed by atoms with E-state index in [4.69, 9.17) is 5.11 Å². The first kappa shape index (κ1) is 12.4. The minimum absolute atomic E-state index is 0.0306. The number of carboxylic acids is 1. The third-order valence-corrected chi connectivity index (χ3v) is 3.69. The predicted molar refractivity (Wildman–Crippen MR) is 75.3 cm³/mol. The molecule has 2 N–H and O–H groups in total. The quantitative estimate of drug-likeness (QED) is 0.834. The second kappa shape index (κ2) is 4.49. The number of anilines is 1. The van der Waals surface area contributed by atoms with Crippen LogP contribution < -0.4 is 5.32 Å². The van der Waals surface area contributed by atoms with Crippen LogP contribution in [0.3, 0.4) is 0 Å². The molecule has 1 aliphatic heterocycles. The molecule has 1 unspecified atom stereocenters. The van der Waals surface area contributed by atoms with Gasteiger partial charge in [-0.2, -0.15) is 0 Å². The van der Waals surface area contributed by atoms with Crippen LogP contribution in [-0.2, 0) is 0 Å². The fourth-order valence-electron chi connectivity index (χ4n) is 2.61. The largest absolute Gasteiger partial charge is 0.478 e. The molecule has 0 radical (unpaired) electrons. The van der Waals surface area contributed by atoms with Crippen LogP contribution in [0, 0.1) is 0 Å². The summed E-state index contributed by atoms with van der Waals surface area (Å²) in [4.78, 5) is 23.3. The molecule has 0 spiro atoms. The molecule has 0 saturated carbocycles. The molecule has 2 aromatic rings. The van der Waals surface area contributed by atoms with Crippen LogP contribution in [0.25, 0.3) is 0 Å². The summed E-state index contributed by atoms with van der Waals surface area (Å²) in [5, 5.41) is 11.9. The highest BCUT2D eigenvalue weighted by molar-refractivity contribution is 6.07. The lowest BCUT2D eigenvalue weighted by molar-refractivity contribution is 0.0696. The van der Waals surface area contributed by atoms with Crippen LogP contribution >= 0.6 is 0 Å². The number of fused-ring (bicyclic) bond motifs is 2. The van der Waals surface area contributed by atoms with Gasteiger partial charge >= 0.3 is 5.97 Å². The Kier molecular flexibility index (Phi) is 2.79. The first-order chi connectivity index (χ1) is 9.58. The summed E-state index contributed by atoms with van der Waals surface area (Å²) in [5.74, 6) is -1.17. The number of amides is 1. The molecule has 1 heterocycles. The molecule has 1 aliphatic rings. The lowest BCUT2D eigenvalue weighted by Gasteiger charge is -2.14. The Bertz CT molecular complexity index is 721. The van der Waals surface area contributed by atoms with E-state index >= 15 is 0 Å². The molecule has 0 fully saturated rings. The number of rotatable bonds is 1. The molecule has 0 saturated heterocycles. The third kappa shape index (κ3) is 1.86. The summed E-state index contributed by atoms with van der Waals surface area (Å²) >= 11 is 0. The van der Waals surface area contributed by atoms with Crippen molar-refractivity contribution in [3.8, 4) is 0 Å². The second-order valence-corrected chi connectivity index (χ2v) is 4.87. The van der Waals surface area contributed by atoms with Gasteiger partial charge in [0.2, 0.25) is 0 Å². The number of hydrogen-bond acceptors (Lipinski definition) is 2. The number of carbonyl (C=O) groups is 2. The van der Waals surface area contributed by atoms with Gasteiger partial charge in [-0.15, -0.1) is 0 Å². The van der Waals surface area contributed by atoms with Crippen molar-refractivity contribution in [3.63, 3.8) is 0 Å². The molecular weight excluding hydrogens is 254 g/mol. The first-order valence-electron chi connectivity index (χ1n) is 6.35. The van der Waals surface area contributed by atoms with Crippen LogP contribution in [0.2, 0.25) is 0 Å². The highest BCUT2D eigenvalue weighted by atomic mass is 16.4. The zero-order valence-corrected chi connectivity index (χ0v) is 10.9. The molecule has 1 atom stereocenters. The van der Waals surface area contributed by atoms with E-state index in [0.717, 1.165) is 11.1 Å². The average Bonchev–Trinajstić information content (AvgIpc) is 2.55. The highest BCUT2D eigenvalue weighted by Crippen LogP contribution is 2.35. The molecule has 0 aromatic heterocycles. The maximum absolute atomic E-state index is 12.2. The summed E-state index contributed by atoms with van der Waals surface area (Å²) in [6.07, 6.45) is 0. The maximum Gasteiger partial charge on any atom is 0.335 e. The standard InChI is InChI=1S/C16H13NO3/c1-9-11-4-2-3-5-13(11)15(18)17-14-8-10(16(19)20)6-7-12(9)14/h2-9H,1H3,(H,17,18)(H,19,20). The van der Waals surface area contributed by atoms with E-state index < -0.39 is 5.97 Å². The summed E-state index contributed by atoms with van der Waals surface area (Å²) < 4.78 is 0. The molecule has 4 heteroatoms. The van der Waals surface area contributed by atoms with Gasteiger partial charge in [-0.1, -0.05) is 31.2 Å². The highest BCUT2D eigenvalue weighted by Gasteiger charge is 2.24. The third-order valence-electron chi connectivity index (χ3n) is 3.69.